The van der Waals surface area contributed by atoms with Gasteiger partial charge in [-0.2, -0.15) is 0 Å². The molecule has 88 valence electrons. The zero-order valence-corrected chi connectivity index (χ0v) is 9.58. The molecular weight excluding hydrogens is 194 g/mol. The lowest BCUT2D eigenvalue weighted by molar-refractivity contribution is -0.122. The third kappa shape index (κ3) is 4.59. The fourth-order valence-electron chi connectivity index (χ4n) is 1.67. The van der Waals surface area contributed by atoms with Gasteiger partial charge in [-0.3, -0.25) is 4.79 Å². The maximum atomic E-state index is 11.5. The van der Waals surface area contributed by atoms with E-state index in [1.807, 2.05) is 0 Å². The predicted octanol–water partition coefficient (Wildman–Crippen LogP) is -0.957. The maximum Gasteiger partial charge on any atom is 0.221 e. The molecule has 0 radical (unpaired) electrons. The van der Waals surface area contributed by atoms with E-state index in [1.165, 1.54) is 0 Å². The molecule has 2 N–H and O–H groups in total. The topological polar surface area (TPSA) is 53.6 Å². The number of likely N-dealkylation sites (N-methyl/N-ethyl adjacent to an activating group) is 1. The molecule has 0 aliphatic carbocycles. The summed E-state index contributed by atoms with van der Waals surface area (Å²) in [6.07, 6.45) is 0.563. The Balaban J connectivity index is 2.18. The number of hydrogen-bond acceptors (Lipinski definition) is 4. The summed E-state index contributed by atoms with van der Waals surface area (Å²) in [5.41, 5.74) is 0. The smallest absolute Gasteiger partial charge is 0.221 e. The van der Waals surface area contributed by atoms with Crippen molar-refractivity contribution < 1.29 is 9.53 Å². The summed E-state index contributed by atoms with van der Waals surface area (Å²) in [6.45, 7) is 4.09. The van der Waals surface area contributed by atoms with E-state index in [9.17, 15) is 4.79 Å². The van der Waals surface area contributed by atoms with E-state index >= 15 is 0 Å². The summed E-state index contributed by atoms with van der Waals surface area (Å²) in [5.74, 6) is 0.104. The van der Waals surface area contributed by atoms with Crippen LogP contribution in [0.15, 0.2) is 0 Å². The van der Waals surface area contributed by atoms with Gasteiger partial charge < -0.3 is 20.3 Å². The molecule has 15 heavy (non-hydrogen) atoms. The second-order valence-corrected chi connectivity index (χ2v) is 3.89. The minimum atomic E-state index is 0.104. The first-order valence-corrected chi connectivity index (χ1v) is 5.40. The van der Waals surface area contributed by atoms with E-state index in [4.69, 9.17) is 4.74 Å². The highest BCUT2D eigenvalue weighted by atomic mass is 16.5. The summed E-state index contributed by atoms with van der Waals surface area (Å²) in [5, 5.41) is 6.12. The number of amides is 1. The molecule has 0 bridgehead atoms. The summed E-state index contributed by atoms with van der Waals surface area (Å²) in [6, 6.07) is 0.321. The Labute approximate surface area is 91.2 Å². The lowest BCUT2D eigenvalue weighted by Gasteiger charge is -2.32. The van der Waals surface area contributed by atoms with Crippen molar-refractivity contribution in [2.45, 2.75) is 12.5 Å². The standard InChI is InChI=1S/C10H21N3O2/c1-13-5-3-11-8-9(13)7-10(14)12-4-6-15-2/h9,11H,3-8H2,1-2H3,(H,12,14). The molecule has 1 heterocycles. The van der Waals surface area contributed by atoms with Crippen LogP contribution in [0.2, 0.25) is 0 Å². The summed E-state index contributed by atoms with van der Waals surface area (Å²) in [4.78, 5) is 13.7. The highest BCUT2D eigenvalue weighted by Crippen LogP contribution is 2.03. The van der Waals surface area contributed by atoms with Crippen LogP contribution in [0.25, 0.3) is 0 Å². The van der Waals surface area contributed by atoms with Crippen LogP contribution in [0.5, 0.6) is 0 Å². The second-order valence-electron chi connectivity index (χ2n) is 3.89. The number of carbonyl (C=O) groups is 1. The number of hydrogen-bond donors (Lipinski definition) is 2. The van der Waals surface area contributed by atoms with Crippen molar-refractivity contribution in [1.29, 1.82) is 0 Å². The molecule has 0 aromatic rings. The molecule has 0 aromatic heterocycles. The molecule has 0 spiro atoms. The second kappa shape index (κ2) is 6.76. The first-order chi connectivity index (χ1) is 7.24. The number of carbonyl (C=O) groups excluding carboxylic acids is 1. The first kappa shape index (κ1) is 12.4. The van der Waals surface area contributed by atoms with Gasteiger partial charge in [-0.1, -0.05) is 0 Å². The highest BCUT2D eigenvalue weighted by Gasteiger charge is 2.20. The van der Waals surface area contributed by atoms with Crippen LogP contribution in [0, 0.1) is 0 Å². The Kier molecular flexibility index (Phi) is 5.60. The summed E-state index contributed by atoms with van der Waals surface area (Å²) < 4.78 is 4.87. The first-order valence-electron chi connectivity index (χ1n) is 5.40. The van der Waals surface area contributed by atoms with Gasteiger partial charge in [-0.05, 0) is 7.05 Å². The highest BCUT2D eigenvalue weighted by molar-refractivity contribution is 5.76. The number of ether oxygens (including phenoxy) is 1. The van der Waals surface area contributed by atoms with Crippen molar-refractivity contribution >= 4 is 5.91 Å². The zero-order chi connectivity index (χ0) is 11.1. The number of methoxy groups -OCH3 is 1. The molecule has 0 saturated carbocycles. The van der Waals surface area contributed by atoms with Gasteiger partial charge in [0.25, 0.3) is 0 Å². The van der Waals surface area contributed by atoms with E-state index in [2.05, 4.69) is 22.6 Å². The lowest BCUT2D eigenvalue weighted by Crippen LogP contribution is -2.51. The molecule has 1 rings (SSSR count). The molecule has 1 fully saturated rings. The molecule has 1 atom stereocenters. The van der Waals surface area contributed by atoms with E-state index in [0.29, 0.717) is 25.6 Å². The van der Waals surface area contributed by atoms with Crippen LogP contribution in [-0.2, 0) is 9.53 Å². The van der Waals surface area contributed by atoms with Crippen LogP contribution in [0.4, 0.5) is 0 Å². The van der Waals surface area contributed by atoms with Crippen LogP contribution >= 0.6 is 0 Å². The van der Waals surface area contributed by atoms with Gasteiger partial charge in [0, 0.05) is 45.8 Å². The van der Waals surface area contributed by atoms with Crippen molar-refractivity contribution in [2.24, 2.45) is 0 Å². The van der Waals surface area contributed by atoms with E-state index < -0.39 is 0 Å². The Morgan fingerprint density at radius 2 is 2.47 bits per heavy atom. The van der Waals surface area contributed by atoms with Gasteiger partial charge in [0.2, 0.25) is 5.91 Å². The third-order valence-corrected chi connectivity index (χ3v) is 2.69. The average molecular weight is 215 g/mol. The van der Waals surface area contributed by atoms with Crippen molar-refractivity contribution in [3.05, 3.63) is 0 Å². The Hall–Kier alpha value is -0.650. The van der Waals surface area contributed by atoms with Gasteiger partial charge in [-0.25, -0.2) is 0 Å². The molecule has 1 aliphatic rings. The van der Waals surface area contributed by atoms with E-state index in [1.54, 1.807) is 7.11 Å². The van der Waals surface area contributed by atoms with Crippen LogP contribution in [0.3, 0.4) is 0 Å². The summed E-state index contributed by atoms with van der Waals surface area (Å²) >= 11 is 0. The molecule has 1 aliphatic heterocycles. The van der Waals surface area contributed by atoms with Gasteiger partial charge in [0.1, 0.15) is 0 Å². The summed E-state index contributed by atoms with van der Waals surface area (Å²) in [7, 11) is 3.69. The fraction of sp³-hybridized carbons (Fsp3) is 0.900. The zero-order valence-electron chi connectivity index (χ0n) is 9.58. The van der Waals surface area contributed by atoms with Gasteiger partial charge in [0.15, 0.2) is 0 Å². The Morgan fingerprint density at radius 1 is 1.67 bits per heavy atom. The third-order valence-electron chi connectivity index (χ3n) is 2.69. The number of nitrogens with zero attached hydrogens (tertiary/aromatic N) is 1. The maximum absolute atomic E-state index is 11.5. The van der Waals surface area contributed by atoms with Crippen LogP contribution in [0.1, 0.15) is 6.42 Å². The van der Waals surface area contributed by atoms with Crippen molar-refractivity contribution in [3.63, 3.8) is 0 Å². The molecule has 0 aromatic carbocycles. The minimum absolute atomic E-state index is 0.104. The van der Waals surface area contributed by atoms with Crippen molar-refractivity contribution in [2.75, 3.05) is 46.9 Å². The molecule has 1 amide bonds. The number of nitrogens with one attached hydrogen (secondary N) is 2. The fourth-order valence-corrected chi connectivity index (χ4v) is 1.67. The van der Waals surface area contributed by atoms with Crippen molar-refractivity contribution in [3.8, 4) is 0 Å². The van der Waals surface area contributed by atoms with E-state index in [-0.39, 0.29) is 5.91 Å². The SMILES string of the molecule is COCCNC(=O)CC1CNCCN1C. The molecule has 1 unspecified atom stereocenters. The Morgan fingerprint density at radius 3 is 3.13 bits per heavy atom. The lowest BCUT2D eigenvalue weighted by atomic mass is 10.1. The van der Waals surface area contributed by atoms with Gasteiger partial charge in [-0.15, -0.1) is 0 Å². The monoisotopic (exact) mass is 215 g/mol. The molecular formula is C10H21N3O2. The molecule has 5 heteroatoms. The number of piperazine rings is 1. The largest absolute Gasteiger partial charge is 0.383 e. The van der Waals surface area contributed by atoms with Gasteiger partial charge in [0.05, 0.1) is 6.61 Å². The van der Waals surface area contributed by atoms with Gasteiger partial charge >= 0.3 is 0 Å². The van der Waals surface area contributed by atoms with Crippen LogP contribution in [-0.4, -0.2) is 63.8 Å². The van der Waals surface area contributed by atoms with Crippen molar-refractivity contribution in [1.82, 2.24) is 15.5 Å². The van der Waals surface area contributed by atoms with E-state index in [0.717, 1.165) is 19.6 Å². The predicted molar refractivity (Wildman–Crippen MR) is 58.8 cm³/mol. The Bertz CT molecular complexity index is 199. The average Bonchev–Trinajstić information content (AvgIpc) is 2.22. The molecule has 1 saturated heterocycles. The minimum Gasteiger partial charge on any atom is -0.383 e. The van der Waals surface area contributed by atoms with Crippen LogP contribution < -0.4 is 10.6 Å². The normalized spacial score (nSPS) is 22.7. The molecule has 5 nitrogen and oxygen atoms in total. The quantitative estimate of drug-likeness (QED) is 0.580. The number of rotatable bonds is 5.